The van der Waals surface area contributed by atoms with Crippen LogP contribution < -0.4 is 5.32 Å². The Labute approximate surface area is 99.2 Å². The normalized spacial score (nSPS) is 41.4. The zero-order chi connectivity index (χ0) is 11.0. The number of rotatable bonds is 2. The molecule has 0 saturated carbocycles. The first kappa shape index (κ1) is 11.0. The largest absolute Gasteiger partial charge is 0.313 e. The number of nitrogens with one attached hydrogen (secondary N) is 1. The van der Waals surface area contributed by atoms with Crippen molar-refractivity contribution in [3.63, 3.8) is 0 Å². The summed E-state index contributed by atoms with van der Waals surface area (Å²) in [5.74, 6) is 0. The number of hydrogen-bond acceptors (Lipinski definition) is 3. The van der Waals surface area contributed by atoms with Gasteiger partial charge in [-0.1, -0.05) is 0 Å². The van der Waals surface area contributed by atoms with E-state index in [-0.39, 0.29) is 0 Å². The van der Waals surface area contributed by atoms with E-state index in [0.717, 1.165) is 18.1 Å². The van der Waals surface area contributed by atoms with Crippen molar-refractivity contribution in [3.05, 3.63) is 0 Å². The van der Waals surface area contributed by atoms with Gasteiger partial charge in [-0.15, -0.1) is 0 Å². The molecule has 3 heterocycles. The van der Waals surface area contributed by atoms with Crippen molar-refractivity contribution in [3.8, 4) is 0 Å². The minimum absolute atomic E-state index is 0.780. The van der Waals surface area contributed by atoms with Gasteiger partial charge in [-0.25, -0.2) is 0 Å². The molecule has 0 spiro atoms. The molecule has 3 aliphatic rings. The van der Waals surface area contributed by atoms with Crippen LogP contribution in [0.4, 0.5) is 0 Å². The van der Waals surface area contributed by atoms with Crippen molar-refractivity contribution < 1.29 is 0 Å². The number of hydrogen-bond donors (Lipinski definition) is 1. The van der Waals surface area contributed by atoms with E-state index in [1.807, 2.05) is 0 Å². The molecule has 3 nitrogen and oxygen atoms in total. The van der Waals surface area contributed by atoms with Gasteiger partial charge in [0.25, 0.3) is 0 Å². The van der Waals surface area contributed by atoms with E-state index in [1.165, 1.54) is 58.3 Å². The van der Waals surface area contributed by atoms with Gasteiger partial charge >= 0.3 is 0 Å². The average Bonchev–Trinajstić information content (AvgIpc) is 2.82. The van der Waals surface area contributed by atoms with Crippen molar-refractivity contribution in [1.29, 1.82) is 0 Å². The van der Waals surface area contributed by atoms with Crippen LogP contribution in [0.25, 0.3) is 0 Å². The molecule has 3 atom stereocenters. The van der Waals surface area contributed by atoms with Crippen molar-refractivity contribution in [2.24, 2.45) is 0 Å². The van der Waals surface area contributed by atoms with Crippen LogP contribution in [0, 0.1) is 0 Å². The van der Waals surface area contributed by atoms with Crippen LogP contribution >= 0.6 is 0 Å². The Kier molecular flexibility index (Phi) is 3.18. The number of likely N-dealkylation sites (tertiary alicyclic amines) is 1. The first-order chi connectivity index (χ1) is 7.83. The van der Waals surface area contributed by atoms with Gasteiger partial charge in [0, 0.05) is 31.2 Å². The molecule has 3 unspecified atom stereocenters. The summed E-state index contributed by atoms with van der Waals surface area (Å²) in [4.78, 5) is 5.35. The van der Waals surface area contributed by atoms with Gasteiger partial charge < -0.3 is 10.2 Å². The zero-order valence-electron chi connectivity index (χ0n) is 10.5. The van der Waals surface area contributed by atoms with E-state index >= 15 is 0 Å². The standard InChI is InChI=1S/C13H25N3/c1-15-12-4-5-13(15)10-16(8-6-12)9-11-3-2-7-14-11/h11-14H,2-10H2,1H3. The second-order valence-electron chi connectivity index (χ2n) is 5.89. The Bertz CT molecular complexity index is 237. The molecule has 0 radical (unpaired) electrons. The summed E-state index contributed by atoms with van der Waals surface area (Å²) in [5.41, 5.74) is 0. The second kappa shape index (κ2) is 4.63. The third-order valence-corrected chi connectivity index (χ3v) is 4.87. The Morgan fingerprint density at radius 1 is 1.12 bits per heavy atom. The molecule has 0 aromatic carbocycles. The minimum atomic E-state index is 0.780. The van der Waals surface area contributed by atoms with E-state index in [4.69, 9.17) is 0 Å². The van der Waals surface area contributed by atoms with Crippen molar-refractivity contribution in [2.75, 3.05) is 33.2 Å². The van der Waals surface area contributed by atoms with Crippen LogP contribution in [0.3, 0.4) is 0 Å². The van der Waals surface area contributed by atoms with E-state index in [9.17, 15) is 0 Å². The Morgan fingerprint density at radius 2 is 2.00 bits per heavy atom. The maximum atomic E-state index is 3.62. The van der Waals surface area contributed by atoms with Gasteiger partial charge in [-0.05, 0) is 52.2 Å². The summed E-state index contributed by atoms with van der Waals surface area (Å²) in [6, 6.07) is 2.50. The molecule has 3 rings (SSSR count). The molecule has 3 aliphatic heterocycles. The fraction of sp³-hybridized carbons (Fsp3) is 1.00. The van der Waals surface area contributed by atoms with Gasteiger partial charge in [-0.2, -0.15) is 0 Å². The average molecular weight is 223 g/mol. The molecule has 0 amide bonds. The van der Waals surface area contributed by atoms with Gasteiger partial charge in [0.1, 0.15) is 0 Å². The third-order valence-electron chi connectivity index (χ3n) is 4.87. The Hall–Kier alpha value is -0.120. The summed E-state index contributed by atoms with van der Waals surface area (Å²) in [6.07, 6.45) is 7.02. The lowest BCUT2D eigenvalue weighted by Crippen LogP contribution is -2.42. The topological polar surface area (TPSA) is 18.5 Å². The van der Waals surface area contributed by atoms with Crippen molar-refractivity contribution >= 4 is 0 Å². The highest BCUT2D eigenvalue weighted by molar-refractivity contribution is 4.92. The molecule has 1 N–H and O–H groups in total. The molecule has 0 aromatic heterocycles. The molecule has 0 aliphatic carbocycles. The van der Waals surface area contributed by atoms with E-state index in [1.54, 1.807) is 0 Å². The van der Waals surface area contributed by atoms with Crippen molar-refractivity contribution in [1.82, 2.24) is 15.1 Å². The summed E-state index contributed by atoms with van der Waals surface area (Å²) in [6.45, 7) is 5.16. The lowest BCUT2D eigenvalue weighted by atomic mass is 10.1. The predicted octanol–water partition coefficient (Wildman–Crippen LogP) is 0.907. The predicted molar refractivity (Wildman–Crippen MR) is 66.7 cm³/mol. The SMILES string of the molecule is CN1C2CCC1CN(CC1CCCN1)CC2. The van der Waals surface area contributed by atoms with Crippen LogP contribution in [0.2, 0.25) is 0 Å². The maximum Gasteiger partial charge on any atom is 0.0223 e. The minimum Gasteiger partial charge on any atom is -0.313 e. The van der Waals surface area contributed by atoms with Crippen LogP contribution in [-0.4, -0.2) is 61.2 Å². The molecule has 16 heavy (non-hydrogen) atoms. The van der Waals surface area contributed by atoms with Gasteiger partial charge in [0.05, 0.1) is 0 Å². The van der Waals surface area contributed by atoms with Crippen LogP contribution in [0.15, 0.2) is 0 Å². The van der Waals surface area contributed by atoms with Crippen LogP contribution in [0.5, 0.6) is 0 Å². The lowest BCUT2D eigenvalue weighted by molar-refractivity contribution is 0.208. The van der Waals surface area contributed by atoms with E-state index < -0.39 is 0 Å². The Balaban J connectivity index is 1.56. The van der Waals surface area contributed by atoms with E-state index in [2.05, 4.69) is 22.2 Å². The first-order valence-electron chi connectivity index (χ1n) is 7.00. The molecule has 2 bridgehead atoms. The van der Waals surface area contributed by atoms with Gasteiger partial charge in [0.15, 0.2) is 0 Å². The second-order valence-corrected chi connectivity index (χ2v) is 5.89. The maximum absolute atomic E-state index is 3.62. The molecule has 92 valence electrons. The number of fused-ring (bicyclic) bond motifs is 2. The van der Waals surface area contributed by atoms with Crippen molar-refractivity contribution in [2.45, 2.75) is 50.2 Å². The van der Waals surface area contributed by atoms with Gasteiger partial charge in [-0.3, -0.25) is 4.90 Å². The van der Waals surface area contributed by atoms with Crippen LogP contribution in [-0.2, 0) is 0 Å². The number of nitrogens with zero attached hydrogens (tertiary/aromatic N) is 2. The molecule has 0 aromatic rings. The number of likely N-dealkylation sites (N-methyl/N-ethyl adjacent to an activating group) is 1. The summed E-state index contributed by atoms with van der Waals surface area (Å²) < 4.78 is 0. The zero-order valence-corrected chi connectivity index (χ0v) is 10.5. The molecular formula is C13H25N3. The monoisotopic (exact) mass is 223 g/mol. The van der Waals surface area contributed by atoms with Crippen LogP contribution in [0.1, 0.15) is 32.1 Å². The van der Waals surface area contributed by atoms with E-state index in [0.29, 0.717) is 0 Å². The highest BCUT2D eigenvalue weighted by Crippen LogP contribution is 2.28. The smallest absolute Gasteiger partial charge is 0.0223 e. The molecular weight excluding hydrogens is 198 g/mol. The Morgan fingerprint density at radius 3 is 2.81 bits per heavy atom. The fourth-order valence-corrected chi connectivity index (χ4v) is 3.77. The third kappa shape index (κ3) is 2.13. The summed E-state index contributed by atoms with van der Waals surface area (Å²) in [7, 11) is 2.33. The first-order valence-corrected chi connectivity index (χ1v) is 7.00. The molecule has 3 heteroatoms. The highest BCUT2D eigenvalue weighted by atomic mass is 15.3. The highest BCUT2D eigenvalue weighted by Gasteiger charge is 2.35. The molecule has 3 fully saturated rings. The summed E-state index contributed by atoms with van der Waals surface area (Å²) in [5, 5.41) is 3.62. The molecule has 3 saturated heterocycles. The summed E-state index contributed by atoms with van der Waals surface area (Å²) >= 11 is 0. The van der Waals surface area contributed by atoms with Gasteiger partial charge in [0.2, 0.25) is 0 Å². The lowest BCUT2D eigenvalue weighted by Gasteiger charge is -2.27. The fourth-order valence-electron chi connectivity index (χ4n) is 3.77. The quantitative estimate of drug-likeness (QED) is 0.750.